The molecule has 0 radical (unpaired) electrons. The van der Waals surface area contributed by atoms with Gasteiger partial charge in [-0.05, 0) is 56.9 Å². The Labute approximate surface area is 164 Å². The van der Waals surface area contributed by atoms with E-state index < -0.39 is 34.6 Å². The van der Waals surface area contributed by atoms with Crippen LogP contribution in [-0.2, 0) is 16.2 Å². The molecule has 2 N–H and O–H groups in total. The highest BCUT2D eigenvalue weighted by Crippen LogP contribution is 2.37. The summed E-state index contributed by atoms with van der Waals surface area (Å²) in [6.07, 6.45) is -1.38. The molecule has 1 aliphatic carbocycles. The molecule has 7 nitrogen and oxygen atoms in total. The van der Waals surface area contributed by atoms with E-state index in [9.17, 15) is 21.6 Å². The molecule has 28 heavy (non-hydrogen) atoms. The lowest BCUT2D eigenvalue weighted by atomic mass is 10.3. The van der Waals surface area contributed by atoms with Crippen LogP contribution >= 0.6 is 0 Å². The monoisotopic (exact) mass is 419 g/mol. The van der Waals surface area contributed by atoms with Gasteiger partial charge in [0.05, 0.1) is 4.90 Å². The van der Waals surface area contributed by atoms with Crippen LogP contribution in [0.2, 0.25) is 0 Å². The third kappa shape index (κ3) is 4.71. The Bertz CT molecular complexity index is 1030. The summed E-state index contributed by atoms with van der Waals surface area (Å²) in [4.78, 5) is 7.22. The average Bonchev–Trinajstić information content (AvgIpc) is 3.12. The van der Waals surface area contributed by atoms with Crippen LogP contribution < -0.4 is 14.8 Å². The van der Waals surface area contributed by atoms with Crippen molar-refractivity contribution < 1.29 is 30.4 Å². The van der Waals surface area contributed by atoms with Gasteiger partial charge in [-0.15, -0.1) is 0 Å². The summed E-state index contributed by atoms with van der Waals surface area (Å²) >= 11 is 0. The van der Waals surface area contributed by atoms with E-state index in [1.54, 1.807) is 4.72 Å². The van der Waals surface area contributed by atoms with E-state index in [1.807, 2.05) is 0 Å². The second kappa shape index (κ2) is 7.92. The van der Waals surface area contributed by atoms with Crippen LogP contribution in [0.25, 0.3) is 0 Å². The van der Waals surface area contributed by atoms with Gasteiger partial charge in [0.25, 0.3) is 0 Å². The maximum Gasteiger partial charge on any atom is 0.423 e. The third-order valence-electron chi connectivity index (χ3n) is 4.19. The molecule has 0 amide bonds. The molecule has 0 bridgehead atoms. The van der Waals surface area contributed by atoms with Gasteiger partial charge in [0.15, 0.2) is 0 Å². The van der Waals surface area contributed by atoms with Crippen molar-refractivity contribution in [2.45, 2.75) is 42.9 Å². The molecule has 1 heterocycles. The lowest BCUT2D eigenvalue weighted by Crippen LogP contribution is -2.18. The maximum absolute atomic E-state index is 13.3. The summed E-state index contributed by atoms with van der Waals surface area (Å²) in [6.45, 7) is -2.89. The summed E-state index contributed by atoms with van der Waals surface area (Å²) < 4.78 is 91.9. The Morgan fingerprint density at radius 2 is 1.89 bits per heavy atom. The van der Waals surface area contributed by atoms with Crippen molar-refractivity contribution >= 4 is 21.7 Å². The van der Waals surface area contributed by atoms with Crippen molar-refractivity contribution in [3.8, 4) is 5.88 Å². The molecule has 11 heteroatoms. The molecule has 3 rings (SSSR count). The first kappa shape index (κ1) is 16.5. The number of aromatic nitrogens is 2. The van der Waals surface area contributed by atoms with E-state index in [-0.39, 0.29) is 22.6 Å². The Hall–Kier alpha value is -2.40. The number of hydrogen-bond donors (Lipinski definition) is 2. The zero-order valence-corrected chi connectivity index (χ0v) is 15.3. The first-order valence-corrected chi connectivity index (χ1v) is 9.84. The molecule has 2 aromatic rings. The van der Waals surface area contributed by atoms with Gasteiger partial charge in [-0.2, -0.15) is 18.2 Å². The number of rotatable bonds is 6. The van der Waals surface area contributed by atoms with Crippen molar-refractivity contribution in [2.75, 3.05) is 12.3 Å². The van der Waals surface area contributed by atoms with Crippen molar-refractivity contribution in [3.63, 3.8) is 0 Å². The lowest BCUT2D eigenvalue weighted by Gasteiger charge is -2.17. The van der Waals surface area contributed by atoms with Gasteiger partial charge in [-0.25, -0.2) is 18.1 Å². The van der Waals surface area contributed by atoms with Crippen molar-refractivity contribution in [1.29, 1.82) is 0 Å². The maximum atomic E-state index is 13.3. The van der Waals surface area contributed by atoms with Crippen LogP contribution in [0.4, 0.5) is 24.8 Å². The summed E-state index contributed by atoms with van der Waals surface area (Å²) in [7, 11) is -4.27. The molecule has 0 unspecified atom stereocenters. The number of ether oxygens (including phenoxy) is 1. The number of nitrogens with zero attached hydrogens (tertiary/aromatic N) is 2. The van der Waals surface area contributed by atoms with E-state index in [0.29, 0.717) is 19.0 Å². The zero-order chi connectivity index (χ0) is 22.9. The standard InChI is InChI=1S/C17H19F3N4O3S/c1-21-28(25,26)13-8-6-11(7-9-13)23-16-22-10-14(17(18,19)20)15(24-16)27-12-4-2-3-5-12/h6-10,12,21H,2-5H2,1H3,(H,22,23,24)/i1D3. The number of benzene rings is 1. The van der Waals surface area contributed by atoms with E-state index in [4.69, 9.17) is 8.85 Å². The van der Waals surface area contributed by atoms with E-state index in [0.717, 1.165) is 25.0 Å². The molecule has 1 saturated carbocycles. The summed E-state index contributed by atoms with van der Waals surface area (Å²) in [5, 5.41) is 2.68. The number of hydrogen-bond acceptors (Lipinski definition) is 6. The van der Waals surface area contributed by atoms with Gasteiger partial charge in [0, 0.05) is 16.0 Å². The van der Waals surface area contributed by atoms with Crippen LogP contribution in [-0.4, -0.2) is 31.5 Å². The zero-order valence-electron chi connectivity index (χ0n) is 17.5. The molecular weight excluding hydrogens is 397 g/mol. The highest BCUT2D eigenvalue weighted by atomic mass is 32.2. The van der Waals surface area contributed by atoms with Crippen LogP contribution in [0.1, 0.15) is 35.4 Å². The van der Waals surface area contributed by atoms with Gasteiger partial charge in [0.2, 0.25) is 21.9 Å². The van der Waals surface area contributed by atoms with E-state index >= 15 is 0 Å². The molecule has 0 saturated heterocycles. The van der Waals surface area contributed by atoms with E-state index in [2.05, 4.69) is 15.3 Å². The van der Waals surface area contributed by atoms with Gasteiger partial charge in [-0.1, -0.05) is 0 Å². The first-order valence-electron chi connectivity index (χ1n) is 9.85. The highest BCUT2D eigenvalue weighted by molar-refractivity contribution is 7.89. The molecular formula is C17H19F3N4O3S. The van der Waals surface area contributed by atoms with Crippen molar-refractivity contribution in [3.05, 3.63) is 36.0 Å². The molecule has 0 spiro atoms. The Morgan fingerprint density at radius 1 is 1.21 bits per heavy atom. The fourth-order valence-corrected chi connectivity index (χ4v) is 3.39. The predicted molar refractivity (Wildman–Crippen MR) is 95.9 cm³/mol. The largest absolute Gasteiger partial charge is 0.474 e. The fraction of sp³-hybridized carbons (Fsp3) is 0.412. The molecule has 0 atom stereocenters. The third-order valence-corrected chi connectivity index (χ3v) is 5.36. The van der Waals surface area contributed by atoms with E-state index in [1.165, 1.54) is 12.1 Å². The van der Waals surface area contributed by atoms with Crippen LogP contribution in [0.3, 0.4) is 0 Å². The SMILES string of the molecule is [2H]C([2H])([2H])NS(=O)(=O)c1ccc(Nc2ncc(C(F)(F)F)c(OC3CCCC3)n2)cc1. The molecule has 1 aromatic carbocycles. The quantitative estimate of drug-likeness (QED) is 0.745. The number of halogens is 3. The van der Waals surface area contributed by atoms with Gasteiger partial charge >= 0.3 is 6.18 Å². The minimum Gasteiger partial charge on any atom is -0.474 e. The Balaban J connectivity index is 1.80. The Morgan fingerprint density at radius 3 is 2.50 bits per heavy atom. The number of alkyl halides is 3. The second-order valence-corrected chi connectivity index (χ2v) is 7.87. The lowest BCUT2D eigenvalue weighted by molar-refractivity contribution is -0.139. The summed E-state index contributed by atoms with van der Waals surface area (Å²) in [5.41, 5.74) is -0.804. The normalized spacial score (nSPS) is 17.6. The molecule has 1 aromatic heterocycles. The van der Waals surface area contributed by atoms with Crippen molar-refractivity contribution in [2.24, 2.45) is 0 Å². The molecule has 1 fully saturated rings. The molecule has 0 aliphatic heterocycles. The fourth-order valence-electron chi connectivity index (χ4n) is 2.78. The highest BCUT2D eigenvalue weighted by Gasteiger charge is 2.37. The van der Waals surface area contributed by atoms with Crippen LogP contribution in [0.5, 0.6) is 5.88 Å². The summed E-state index contributed by atoms with van der Waals surface area (Å²) in [6, 6.07) is 4.87. The smallest absolute Gasteiger partial charge is 0.423 e. The van der Waals surface area contributed by atoms with Gasteiger partial charge in [-0.3, -0.25) is 0 Å². The molecule has 152 valence electrons. The van der Waals surface area contributed by atoms with Crippen LogP contribution in [0, 0.1) is 0 Å². The number of sulfonamides is 1. The minimum atomic E-state index is -4.68. The van der Waals surface area contributed by atoms with Gasteiger partial charge < -0.3 is 10.1 Å². The average molecular weight is 419 g/mol. The molecule has 1 aliphatic rings. The second-order valence-electron chi connectivity index (χ2n) is 6.19. The number of nitrogens with one attached hydrogen (secondary N) is 2. The Kier molecular flexibility index (Phi) is 4.68. The topological polar surface area (TPSA) is 93.2 Å². The van der Waals surface area contributed by atoms with Crippen LogP contribution in [0.15, 0.2) is 35.4 Å². The summed E-state index contributed by atoms with van der Waals surface area (Å²) in [5.74, 6) is -0.741. The van der Waals surface area contributed by atoms with Gasteiger partial charge in [0.1, 0.15) is 11.7 Å². The first-order chi connectivity index (χ1) is 14.3. The number of anilines is 2. The minimum absolute atomic E-state index is 0.169. The van der Waals surface area contributed by atoms with Crippen molar-refractivity contribution in [1.82, 2.24) is 14.7 Å². The predicted octanol–water partition coefficient (Wildman–Crippen LogP) is 3.47.